The van der Waals surface area contributed by atoms with Crippen LogP contribution in [0.25, 0.3) is 10.8 Å². The summed E-state index contributed by atoms with van der Waals surface area (Å²) in [5, 5.41) is 50.5. The number of unbranched alkanes of at least 4 members (excludes halogenated alkanes) is 2. The number of guanidine groups is 2. The molecule has 1 fully saturated rings. The lowest BCUT2D eigenvalue weighted by Gasteiger charge is -2.30. The molecule has 0 spiro atoms. The van der Waals surface area contributed by atoms with Crippen LogP contribution >= 0.6 is 11.6 Å². The van der Waals surface area contributed by atoms with Gasteiger partial charge in [0.25, 0.3) is 0 Å². The molecule has 0 aliphatic carbocycles. The van der Waals surface area contributed by atoms with Gasteiger partial charge in [0.1, 0.15) is 47.5 Å². The quantitative estimate of drug-likeness (QED) is 0.0110. The molecule has 27 nitrogen and oxygen atoms in total. The van der Waals surface area contributed by atoms with Crippen molar-refractivity contribution < 1.29 is 63.0 Å². The van der Waals surface area contributed by atoms with E-state index in [9.17, 15) is 43.8 Å². The third-order valence-corrected chi connectivity index (χ3v) is 20.0. The largest absolute Gasteiger partial charge is 0.508 e. The molecule has 6 rings (SSSR count). The van der Waals surface area contributed by atoms with Crippen molar-refractivity contribution in [3.63, 3.8) is 0 Å². The maximum absolute atomic E-state index is 15.4. The van der Waals surface area contributed by atoms with E-state index in [-0.39, 0.29) is 76.0 Å². The molecule has 7 amide bonds. The minimum absolute atomic E-state index is 0.0509. The summed E-state index contributed by atoms with van der Waals surface area (Å²) in [6.07, 6.45) is 4.32. The van der Waals surface area contributed by atoms with Crippen molar-refractivity contribution in [3.8, 4) is 5.75 Å². The monoisotopic (exact) mass is 1560 g/mol. The Morgan fingerprint density at radius 3 is 1.67 bits per heavy atom. The summed E-state index contributed by atoms with van der Waals surface area (Å²) in [6, 6.07) is 22.3. The van der Waals surface area contributed by atoms with Crippen LogP contribution in [-0.4, -0.2) is 185 Å². The Hall–Kier alpha value is -10.1. The first-order valence-corrected chi connectivity index (χ1v) is 39.8. The fourth-order valence-corrected chi connectivity index (χ4v) is 14.0. The number of carbonyl (C=O) groups is 11. The van der Waals surface area contributed by atoms with Crippen LogP contribution in [0.4, 0.5) is 0 Å². The van der Waals surface area contributed by atoms with Crippen molar-refractivity contribution in [2.24, 2.45) is 45.3 Å². The zero-order valence-electron chi connectivity index (χ0n) is 66.1. The molecule has 13 N–H and O–H groups in total. The highest BCUT2D eigenvalue weighted by molar-refractivity contribution is 6.30. The molecule has 0 bridgehead atoms. The number of aliphatic hydroxyl groups excluding tert-OH is 1. The van der Waals surface area contributed by atoms with E-state index in [0.717, 1.165) is 16.3 Å². The number of aliphatic imine (C=N–C) groups is 2. The fourth-order valence-electron chi connectivity index (χ4n) is 13.8. The second-order valence-corrected chi connectivity index (χ2v) is 29.7. The number of aliphatic hydroxyl groups is 1. The molecule has 0 radical (unpaired) electrons. The third kappa shape index (κ3) is 30.8. The third-order valence-electron chi connectivity index (χ3n) is 19.7. The van der Waals surface area contributed by atoms with Crippen molar-refractivity contribution in [2.75, 3.05) is 52.4 Å². The number of nitrogens with one attached hydrogen (secondary N) is 9. The predicted octanol–water partition coefficient (Wildman–Crippen LogP) is 6.64. The van der Waals surface area contributed by atoms with E-state index in [1.54, 1.807) is 48.5 Å². The molecule has 28 heteroatoms. The maximum atomic E-state index is 15.4. The Bertz CT molecular complexity index is 3960. The second-order valence-electron chi connectivity index (χ2n) is 29.3. The van der Waals surface area contributed by atoms with Crippen LogP contribution in [-0.2, 0) is 78.4 Å². The molecule has 5 aromatic rings. The molecule has 608 valence electrons. The first-order chi connectivity index (χ1) is 53.7. The van der Waals surface area contributed by atoms with E-state index in [0.29, 0.717) is 111 Å². The lowest BCUT2D eigenvalue weighted by molar-refractivity contribution is -0.143. The van der Waals surface area contributed by atoms with Gasteiger partial charge >= 0.3 is 0 Å². The number of amides is 7. The number of rotatable bonds is 48. The molecule has 0 saturated carbocycles. The first kappa shape index (κ1) is 90.7. The van der Waals surface area contributed by atoms with Crippen molar-refractivity contribution in [3.05, 3.63) is 143 Å². The van der Waals surface area contributed by atoms with Crippen LogP contribution < -0.4 is 53.6 Å². The van der Waals surface area contributed by atoms with E-state index in [1.807, 2.05) is 84.0 Å². The average Bonchev–Trinajstić information content (AvgIpc) is 1.64. The zero-order chi connectivity index (χ0) is 81.7. The number of ketones is 4. The average molecular weight is 1570 g/mol. The summed E-state index contributed by atoms with van der Waals surface area (Å²) in [5.41, 5.74) is 7.93. The number of halogens is 1. The number of Topliss-reactive ketones (excluding diaryl/α,β-unsaturated/α-hetero) is 4. The molecular weight excluding hydrogens is 1450 g/mol. The number of phenols is 1. The van der Waals surface area contributed by atoms with Gasteiger partial charge in [-0.2, -0.15) is 0 Å². The van der Waals surface area contributed by atoms with Gasteiger partial charge < -0.3 is 68.7 Å². The van der Waals surface area contributed by atoms with E-state index in [4.69, 9.17) is 22.3 Å². The minimum Gasteiger partial charge on any atom is -0.508 e. The molecule has 10 atom stereocenters. The highest BCUT2D eigenvalue weighted by Gasteiger charge is 2.41. The van der Waals surface area contributed by atoms with Gasteiger partial charge in [0, 0.05) is 126 Å². The zero-order valence-corrected chi connectivity index (χ0v) is 66.9. The van der Waals surface area contributed by atoms with Gasteiger partial charge in [-0.15, -0.1) is 0 Å². The molecule has 1 aliphatic heterocycles. The van der Waals surface area contributed by atoms with Gasteiger partial charge in [-0.05, 0) is 175 Å². The number of hydrogen-bond donors (Lipinski definition) is 12. The molecule has 1 aromatic heterocycles. The van der Waals surface area contributed by atoms with Crippen LogP contribution in [0.5, 0.6) is 5.75 Å². The number of nitrogens with two attached hydrogens (primary N) is 1. The standard InChI is InChI=1S/C84H117ClN14O13/c1-9-88-83(89-10-2)92-38-17-15-24-62(73(103)49-64(41-53(5)6)78(108)96-68(25-16-18-39-93-84(90-11-3)91-12-4)82(112)99-40-20-26-72(99)81(111)94-54(7)77(86)107)47-74(104)63(42-56-30-35-67(102)36-31-56)48-76(106)71(52-100)98-79(109)65(44-59-21-19-37-87-51-59)50-75(105)69(45-57-28-33-66(85)34-29-57)97-80(110)70(95-55(8)101)46-58-27-32-60-22-13-14-23-61(60)43-58/h13-14,19,21-23,27-37,43,51,53-54,62-65,68-72,100,102H,9-12,15-18,20,24-26,38-42,44-50,52H2,1-8H3,(H2,86,107)(H,94,111)(H,95,101)(H,96,108)(H,97,110)(H,98,109)(H2,88,89,92)(H2,90,91,93)/t54-,62+,63+,64-,65+,68+,69-,70-,71+,72?/m1/s1. The van der Waals surface area contributed by atoms with Gasteiger partial charge in [0.2, 0.25) is 41.4 Å². The number of aromatic nitrogens is 1. The maximum Gasteiger partial charge on any atom is 0.245 e. The van der Waals surface area contributed by atoms with Gasteiger partial charge in [-0.1, -0.05) is 105 Å². The Labute approximate surface area is 663 Å². The van der Waals surface area contributed by atoms with Gasteiger partial charge in [0.05, 0.1) is 12.6 Å². The Morgan fingerprint density at radius 1 is 0.545 bits per heavy atom. The van der Waals surface area contributed by atoms with Crippen LogP contribution in [0.2, 0.25) is 5.02 Å². The van der Waals surface area contributed by atoms with Crippen molar-refractivity contribution in [1.29, 1.82) is 0 Å². The lowest BCUT2D eigenvalue weighted by atomic mass is 9.80. The fraction of sp³-hybridized carbons (Fsp3) is 0.524. The van der Waals surface area contributed by atoms with Gasteiger partial charge in [-0.3, -0.25) is 67.7 Å². The Balaban J connectivity index is 1.29. The molecule has 1 aliphatic rings. The van der Waals surface area contributed by atoms with E-state index in [1.165, 1.54) is 43.3 Å². The Kier molecular flexibility index (Phi) is 38.8. The van der Waals surface area contributed by atoms with Gasteiger partial charge in [0.15, 0.2) is 23.5 Å². The van der Waals surface area contributed by atoms with E-state index in [2.05, 4.69) is 57.8 Å². The Morgan fingerprint density at radius 2 is 1.07 bits per heavy atom. The number of hydrogen-bond acceptors (Lipinski definition) is 16. The SMILES string of the molecule is CCNC(=NCCCC[C@@H](CC(=O)[C@H](CC(=O)[C@H](CO)NC(=O)[C@H](CC(=O)[C@@H](Cc1ccc(Cl)cc1)NC(=O)[C@@H](Cc1ccc2ccccc2c1)NC(C)=O)Cc1cccnc1)Cc1ccc(O)cc1)C(=O)C[C@@H](CC(C)C)C(=O)N[C@@H](CCCCN=C(NCC)NCC)C(=O)N1CCCC1C(=O)N[C@H](C)C(N)=O)NCC. The second kappa shape index (κ2) is 47.9. The molecule has 1 saturated heterocycles. The number of nitrogens with zero attached hydrogens (tertiary/aromatic N) is 4. The van der Waals surface area contributed by atoms with Crippen LogP contribution in [0.3, 0.4) is 0 Å². The number of pyridine rings is 1. The van der Waals surface area contributed by atoms with E-state index >= 15 is 19.2 Å². The number of fused-ring (bicyclic) bond motifs is 1. The summed E-state index contributed by atoms with van der Waals surface area (Å²) in [5.74, 6) is -10.0. The number of likely N-dealkylation sites (tertiary alicyclic amines) is 1. The number of primary amides is 1. The topological polar surface area (TPSA) is 403 Å². The highest BCUT2D eigenvalue weighted by Crippen LogP contribution is 2.29. The van der Waals surface area contributed by atoms with Crippen LogP contribution in [0, 0.1) is 29.6 Å². The molecule has 1 unspecified atom stereocenters. The van der Waals surface area contributed by atoms with Crippen molar-refractivity contribution in [1.82, 2.24) is 57.7 Å². The normalized spacial score (nSPS) is 15.0. The summed E-state index contributed by atoms with van der Waals surface area (Å²) >= 11 is 6.29. The minimum atomic E-state index is -1.63. The number of aromatic hydroxyl groups is 1. The van der Waals surface area contributed by atoms with Crippen LogP contribution in [0.15, 0.2) is 126 Å². The highest BCUT2D eigenvalue weighted by atomic mass is 35.5. The summed E-state index contributed by atoms with van der Waals surface area (Å²) < 4.78 is 0. The van der Waals surface area contributed by atoms with Gasteiger partial charge in [-0.25, -0.2) is 0 Å². The summed E-state index contributed by atoms with van der Waals surface area (Å²) in [4.78, 5) is 174. The summed E-state index contributed by atoms with van der Waals surface area (Å²) in [7, 11) is 0. The van der Waals surface area contributed by atoms with Crippen molar-refractivity contribution >= 4 is 98.8 Å². The van der Waals surface area contributed by atoms with Crippen molar-refractivity contribution in [2.45, 2.75) is 201 Å². The van der Waals surface area contributed by atoms with E-state index < -0.39 is 144 Å². The molecule has 2 heterocycles. The molecule has 112 heavy (non-hydrogen) atoms. The predicted molar refractivity (Wildman–Crippen MR) is 434 cm³/mol. The molecular formula is C84H117ClN14O13. The first-order valence-electron chi connectivity index (χ1n) is 39.5. The number of phenolic OH excluding ortho intramolecular Hbond substituents is 1. The summed E-state index contributed by atoms with van der Waals surface area (Å²) in [6.45, 7) is 16.9. The number of carbonyl (C=O) groups excluding carboxylic acids is 11. The van der Waals surface area contributed by atoms with Crippen LogP contribution in [0.1, 0.15) is 161 Å². The number of benzene rings is 4. The molecule has 4 aromatic carbocycles. The smallest absolute Gasteiger partial charge is 0.245 e. The lowest BCUT2D eigenvalue weighted by Crippen LogP contribution is -2.56.